The Labute approximate surface area is 144 Å². The minimum atomic E-state index is -0.431. The van der Waals surface area contributed by atoms with Gasteiger partial charge in [-0.3, -0.25) is 9.59 Å². The number of anilines is 2. The molecular weight excluding hydrogens is 325 g/mol. The predicted molar refractivity (Wildman–Crippen MR) is 90.7 cm³/mol. The number of nitrogens with zero attached hydrogens (tertiary/aromatic N) is 1. The normalized spacial score (nSPS) is 13.6. The molecule has 3 rings (SSSR count). The molecule has 130 valence electrons. The molecule has 0 unspecified atom stereocenters. The van der Waals surface area contributed by atoms with Crippen molar-refractivity contribution in [3.63, 3.8) is 0 Å². The number of amides is 2. The Kier molecular flexibility index (Phi) is 5.23. The van der Waals surface area contributed by atoms with E-state index < -0.39 is 11.7 Å². The fourth-order valence-electron chi connectivity index (χ4n) is 2.34. The van der Waals surface area contributed by atoms with Crippen LogP contribution >= 0.6 is 0 Å². The molecule has 0 spiro atoms. The van der Waals surface area contributed by atoms with E-state index in [2.05, 4.69) is 15.6 Å². The summed E-state index contributed by atoms with van der Waals surface area (Å²) in [5.41, 5.74) is 0.589. The lowest BCUT2D eigenvalue weighted by Crippen LogP contribution is -2.28. The number of pyridine rings is 1. The average Bonchev–Trinajstić information content (AvgIpc) is 2.53. The van der Waals surface area contributed by atoms with Crippen molar-refractivity contribution < 1.29 is 18.7 Å². The molecule has 6 nitrogen and oxygen atoms in total. The lowest BCUT2D eigenvalue weighted by molar-refractivity contribution is -0.122. The van der Waals surface area contributed by atoms with Crippen molar-refractivity contribution >= 4 is 23.3 Å². The van der Waals surface area contributed by atoms with Gasteiger partial charge >= 0.3 is 0 Å². The molecule has 1 fully saturated rings. The summed E-state index contributed by atoms with van der Waals surface area (Å²) in [6.07, 6.45) is 4.44. The maximum atomic E-state index is 13.0. The highest BCUT2D eigenvalue weighted by atomic mass is 19.1. The van der Waals surface area contributed by atoms with Gasteiger partial charge in [0.15, 0.2) is 6.61 Å². The molecule has 2 N–H and O–H groups in total. The molecule has 1 aliphatic rings. The second kappa shape index (κ2) is 7.74. The maximum Gasteiger partial charge on any atom is 0.263 e. The number of carbonyl (C=O) groups excluding carboxylic acids is 2. The predicted octanol–water partition coefficient (Wildman–Crippen LogP) is 2.98. The number of hydrogen-bond acceptors (Lipinski definition) is 4. The molecule has 0 bridgehead atoms. The number of carbonyl (C=O) groups is 2. The molecule has 2 aromatic rings. The van der Waals surface area contributed by atoms with Crippen LogP contribution in [0.25, 0.3) is 0 Å². The first kappa shape index (κ1) is 16.9. The average molecular weight is 343 g/mol. The number of ether oxygens (including phenoxy) is 1. The van der Waals surface area contributed by atoms with E-state index in [1.807, 2.05) is 0 Å². The van der Waals surface area contributed by atoms with Gasteiger partial charge < -0.3 is 15.4 Å². The summed E-state index contributed by atoms with van der Waals surface area (Å²) in [6.45, 7) is -0.259. The Morgan fingerprint density at radius 2 is 2.04 bits per heavy atom. The van der Waals surface area contributed by atoms with Gasteiger partial charge in [0.05, 0.1) is 11.9 Å². The van der Waals surface area contributed by atoms with Crippen LogP contribution in [0.4, 0.5) is 15.9 Å². The molecule has 0 saturated heterocycles. The Balaban J connectivity index is 1.47. The van der Waals surface area contributed by atoms with Gasteiger partial charge in [0.25, 0.3) is 5.91 Å². The SMILES string of the molecule is O=C(COc1cccc(F)c1)Nc1ccc(NC(=O)C2CCC2)cn1. The number of hydrogen-bond donors (Lipinski definition) is 2. The van der Waals surface area contributed by atoms with Gasteiger partial charge in [-0.25, -0.2) is 9.37 Å². The number of nitrogens with one attached hydrogen (secondary N) is 2. The van der Waals surface area contributed by atoms with E-state index in [9.17, 15) is 14.0 Å². The van der Waals surface area contributed by atoms with Crippen LogP contribution in [0.1, 0.15) is 19.3 Å². The van der Waals surface area contributed by atoms with E-state index in [-0.39, 0.29) is 24.2 Å². The van der Waals surface area contributed by atoms with Crippen LogP contribution in [-0.2, 0) is 9.59 Å². The van der Waals surface area contributed by atoms with Crippen molar-refractivity contribution in [2.45, 2.75) is 19.3 Å². The van der Waals surface area contributed by atoms with Crippen LogP contribution in [0, 0.1) is 11.7 Å². The third-order valence-electron chi connectivity index (χ3n) is 3.94. The molecule has 1 heterocycles. The highest BCUT2D eigenvalue weighted by Crippen LogP contribution is 2.27. The van der Waals surface area contributed by atoms with E-state index in [1.165, 1.54) is 24.4 Å². The Morgan fingerprint density at radius 3 is 2.68 bits per heavy atom. The smallest absolute Gasteiger partial charge is 0.263 e. The number of rotatable bonds is 6. The van der Waals surface area contributed by atoms with Crippen LogP contribution in [0.3, 0.4) is 0 Å². The van der Waals surface area contributed by atoms with Crippen LogP contribution in [0.5, 0.6) is 5.75 Å². The van der Waals surface area contributed by atoms with Crippen molar-refractivity contribution in [1.29, 1.82) is 0 Å². The molecule has 2 amide bonds. The van der Waals surface area contributed by atoms with E-state index in [4.69, 9.17) is 4.74 Å². The van der Waals surface area contributed by atoms with Crippen molar-refractivity contribution in [2.75, 3.05) is 17.2 Å². The van der Waals surface area contributed by atoms with Crippen molar-refractivity contribution in [2.24, 2.45) is 5.92 Å². The summed E-state index contributed by atoms with van der Waals surface area (Å²) in [6, 6.07) is 8.82. The van der Waals surface area contributed by atoms with Crippen molar-refractivity contribution in [3.05, 3.63) is 48.4 Å². The van der Waals surface area contributed by atoms with Gasteiger partial charge in [0.2, 0.25) is 5.91 Å². The fourth-order valence-corrected chi connectivity index (χ4v) is 2.34. The van der Waals surface area contributed by atoms with Gasteiger partial charge in [0, 0.05) is 12.0 Å². The molecule has 25 heavy (non-hydrogen) atoms. The Bertz CT molecular complexity index is 760. The summed E-state index contributed by atoms with van der Waals surface area (Å²) in [7, 11) is 0. The quantitative estimate of drug-likeness (QED) is 0.845. The van der Waals surface area contributed by atoms with Crippen LogP contribution < -0.4 is 15.4 Å². The second-order valence-electron chi connectivity index (χ2n) is 5.84. The molecule has 0 atom stereocenters. The van der Waals surface area contributed by atoms with Gasteiger partial charge in [0.1, 0.15) is 17.4 Å². The lowest BCUT2D eigenvalue weighted by Gasteiger charge is -2.23. The standard InChI is InChI=1S/C18H18FN3O3/c19-13-5-2-6-15(9-13)25-11-17(23)22-16-8-7-14(10-20-16)21-18(24)12-3-1-4-12/h2,5-10,12H,1,3-4,11H2,(H,21,24)(H,20,22,23). The highest BCUT2D eigenvalue weighted by Gasteiger charge is 2.25. The molecule has 1 aromatic heterocycles. The van der Waals surface area contributed by atoms with Gasteiger partial charge in [-0.15, -0.1) is 0 Å². The van der Waals surface area contributed by atoms with Crippen LogP contribution in [-0.4, -0.2) is 23.4 Å². The van der Waals surface area contributed by atoms with E-state index in [1.54, 1.807) is 18.2 Å². The van der Waals surface area contributed by atoms with Gasteiger partial charge in [-0.2, -0.15) is 0 Å². The van der Waals surface area contributed by atoms with Gasteiger partial charge in [-0.05, 0) is 37.1 Å². The molecule has 0 aliphatic heterocycles. The van der Waals surface area contributed by atoms with Gasteiger partial charge in [-0.1, -0.05) is 12.5 Å². The summed E-state index contributed by atoms with van der Waals surface area (Å²) in [5, 5.41) is 5.37. The van der Waals surface area contributed by atoms with E-state index in [0.29, 0.717) is 11.5 Å². The highest BCUT2D eigenvalue weighted by molar-refractivity contribution is 5.93. The molecular formula is C18H18FN3O3. The zero-order valence-electron chi connectivity index (χ0n) is 13.5. The molecule has 1 aliphatic carbocycles. The minimum Gasteiger partial charge on any atom is -0.484 e. The number of halogens is 1. The zero-order chi connectivity index (χ0) is 17.6. The lowest BCUT2D eigenvalue weighted by atomic mass is 9.85. The zero-order valence-corrected chi connectivity index (χ0v) is 13.5. The third-order valence-corrected chi connectivity index (χ3v) is 3.94. The van der Waals surface area contributed by atoms with Crippen LogP contribution in [0.2, 0.25) is 0 Å². The summed E-state index contributed by atoms with van der Waals surface area (Å²) < 4.78 is 18.2. The molecule has 1 aromatic carbocycles. The number of benzene rings is 1. The summed E-state index contributed by atoms with van der Waals surface area (Å²) in [4.78, 5) is 27.8. The first-order chi connectivity index (χ1) is 12.1. The summed E-state index contributed by atoms with van der Waals surface area (Å²) >= 11 is 0. The van der Waals surface area contributed by atoms with Crippen molar-refractivity contribution in [3.8, 4) is 5.75 Å². The molecule has 7 heteroatoms. The minimum absolute atomic E-state index is 0.00771. The number of aromatic nitrogens is 1. The largest absolute Gasteiger partial charge is 0.484 e. The summed E-state index contributed by atoms with van der Waals surface area (Å²) in [5.74, 6) is -0.124. The second-order valence-corrected chi connectivity index (χ2v) is 5.84. The first-order valence-corrected chi connectivity index (χ1v) is 8.05. The van der Waals surface area contributed by atoms with E-state index in [0.717, 1.165) is 19.3 Å². The van der Waals surface area contributed by atoms with Crippen molar-refractivity contribution in [1.82, 2.24) is 4.98 Å². The molecule has 1 saturated carbocycles. The monoisotopic (exact) mass is 343 g/mol. The van der Waals surface area contributed by atoms with Crippen LogP contribution in [0.15, 0.2) is 42.6 Å². The third kappa shape index (κ3) is 4.76. The first-order valence-electron chi connectivity index (χ1n) is 8.05. The fraction of sp³-hybridized carbons (Fsp3) is 0.278. The Hall–Kier alpha value is -2.96. The van der Waals surface area contributed by atoms with E-state index >= 15 is 0 Å². The Morgan fingerprint density at radius 1 is 1.20 bits per heavy atom. The maximum absolute atomic E-state index is 13.0. The topological polar surface area (TPSA) is 80.3 Å². The molecule has 0 radical (unpaired) electrons.